The van der Waals surface area contributed by atoms with Crippen molar-refractivity contribution in [2.24, 2.45) is 0 Å². The van der Waals surface area contributed by atoms with Crippen LogP contribution in [-0.2, 0) is 6.42 Å². The number of hydrogen-bond acceptors (Lipinski definition) is 0. The maximum Gasteiger partial charge on any atom is 0.165 e. The van der Waals surface area contributed by atoms with Gasteiger partial charge in [-0.3, -0.25) is 0 Å². The van der Waals surface area contributed by atoms with E-state index in [0.717, 1.165) is 6.92 Å². The fourth-order valence-corrected chi connectivity index (χ4v) is 1.10. The van der Waals surface area contributed by atoms with E-state index < -0.39 is 34.4 Å². The Morgan fingerprint density at radius 2 is 1.23 bits per heavy atom. The first kappa shape index (κ1) is 10.0. The average molecular weight is 192 g/mol. The van der Waals surface area contributed by atoms with E-state index >= 15 is 0 Å². The Morgan fingerprint density at radius 3 is 1.54 bits per heavy atom. The summed E-state index contributed by atoms with van der Waals surface area (Å²) in [6.07, 6.45) is -0.0776. The zero-order valence-corrected chi connectivity index (χ0v) is 7.22. The Kier molecular flexibility index (Phi) is 2.59. The van der Waals surface area contributed by atoms with Crippen molar-refractivity contribution in [1.29, 1.82) is 0 Å². The Balaban J connectivity index is 3.56. The summed E-state index contributed by atoms with van der Waals surface area (Å²) in [6.45, 7) is 2.42. The van der Waals surface area contributed by atoms with Crippen molar-refractivity contribution in [1.82, 2.24) is 0 Å². The quantitative estimate of drug-likeness (QED) is 0.473. The fourth-order valence-electron chi connectivity index (χ4n) is 1.10. The minimum absolute atomic E-state index is 0.0776. The molecule has 0 unspecified atom stereocenters. The first-order valence-electron chi connectivity index (χ1n) is 3.82. The molecule has 0 amide bonds. The van der Waals surface area contributed by atoms with Crippen molar-refractivity contribution in [3.63, 3.8) is 0 Å². The van der Waals surface area contributed by atoms with Gasteiger partial charge in [0.15, 0.2) is 23.3 Å². The molecule has 0 fully saturated rings. The van der Waals surface area contributed by atoms with Crippen molar-refractivity contribution in [2.45, 2.75) is 20.3 Å². The summed E-state index contributed by atoms with van der Waals surface area (Å²) in [5.41, 5.74) is -1.16. The minimum Gasteiger partial charge on any atom is -0.203 e. The Labute approximate surface area is 73.2 Å². The summed E-state index contributed by atoms with van der Waals surface area (Å²) < 4.78 is 51.5. The second-order valence-corrected chi connectivity index (χ2v) is 2.71. The summed E-state index contributed by atoms with van der Waals surface area (Å²) in [7, 11) is 0. The van der Waals surface area contributed by atoms with E-state index in [4.69, 9.17) is 0 Å². The van der Waals surface area contributed by atoms with Gasteiger partial charge < -0.3 is 0 Å². The molecular formula is C9H8F4. The highest BCUT2D eigenvalue weighted by atomic mass is 19.2. The van der Waals surface area contributed by atoms with E-state index in [2.05, 4.69) is 0 Å². The molecule has 1 rings (SSSR count). The van der Waals surface area contributed by atoms with Gasteiger partial charge in [-0.1, -0.05) is 6.92 Å². The lowest BCUT2D eigenvalue weighted by Gasteiger charge is -2.07. The highest BCUT2D eigenvalue weighted by molar-refractivity contribution is 5.28. The lowest BCUT2D eigenvalue weighted by molar-refractivity contribution is 0.432. The van der Waals surface area contributed by atoms with E-state index in [1.54, 1.807) is 0 Å². The van der Waals surface area contributed by atoms with Gasteiger partial charge in [0.2, 0.25) is 0 Å². The normalized spacial score (nSPS) is 10.6. The van der Waals surface area contributed by atoms with Gasteiger partial charge in [-0.05, 0) is 13.3 Å². The molecular weight excluding hydrogens is 184 g/mol. The van der Waals surface area contributed by atoms with Gasteiger partial charge in [-0.25, -0.2) is 17.6 Å². The molecule has 1 aromatic rings. The molecule has 0 radical (unpaired) electrons. The first-order valence-corrected chi connectivity index (χ1v) is 3.82. The van der Waals surface area contributed by atoms with Crippen LogP contribution in [0.4, 0.5) is 17.6 Å². The van der Waals surface area contributed by atoms with Crippen molar-refractivity contribution in [3.8, 4) is 0 Å². The average Bonchev–Trinajstić information content (AvgIpc) is 2.13. The molecule has 13 heavy (non-hydrogen) atoms. The highest BCUT2D eigenvalue weighted by Gasteiger charge is 2.21. The summed E-state index contributed by atoms with van der Waals surface area (Å²) in [4.78, 5) is 0. The minimum atomic E-state index is -1.31. The van der Waals surface area contributed by atoms with Crippen molar-refractivity contribution >= 4 is 0 Å². The van der Waals surface area contributed by atoms with Crippen LogP contribution < -0.4 is 0 Å². The first-order chi connectivity index (χ1) is 6.00. The molecule has 0 aliphatic heterocycles. The van der Waals surface area contributed by atoms with Crippen LogP contribution in [0.15, 0.2) is 0 Å². The van der Waals surface area contributed by atoms with Crippen molar-refractivity contribution in [2.75, 3.05) is 0 Å². The molecule has 1 aromatic carbocycles. The number of halogens is 4. The van der Waals surface area contributed by atoms with Gasteiger partial charge in [0.1, 0.15) is 0 Å². The van der Waals surface area contributed by atoms with E-state index in [1.165, 1.54) is 6.92 Å². The fraction of sp³-hybridized carbons (Fsp3) is 0.333. The molecule has 0 N–H and O–H groups in total. The van der Waals surface area contributed by atoms with Crippen LogP contribution in [0.25, 0.3) is 0 Å². The lowest BCUT2D eigenvalue weighted by atomic mass is 10.1. The zero-order chi connectivity index (χ0) is 10.2. The maximum atomic E-state index is 12.9. The van der Waals surface area contributed by atoms with Gasteiger partial charge >= 0.3 is 0 Å². The zero-order valence-electron chi connectivity index (χ0n) is 7.22. The van der Waals surface area contributed by atoms with Crippen LogP contribution in [0, 0.1) is 30.2 Å². The second kappa shape index (κ2) is 3.36. The molecule has 0 nitrogen and oxygen atoms in total. The van der Waals surface area contributed by atoms with Crippen LogP contribution in [0.5, 0.6) is 0 Å². The monoisotopic (exact) mass is 192 g/mol. The lowest BCUT2D eigenvalue weighted by Crippen LogP contribution is -2.05. The molecule has 0 atom stereocenters. The van der Waals surface area contributed by atoms with Crippen LogP contribution >= 0.6 is 0 Å². The molecule has 0 saturated heterocycles. The standard InChI is InChI=1S/C9H8F4/c1-3-5-8(12)6(10)4(2)7(11)9(5)13/h3H2,1-2H3. The van der Waals surface area contributed by atoms with E-state index in [1.807, 2.05) is 0 Å². The maximum absolute atomic E-state index is 12.9. The predicted molar refractivity (Wildman–Crippen MR) is 40.4 cm³/mol. The topological polar surface area (TPSA) is 0 Å². The van der Waals surface area contributed by atoms with Crippen molar-refractivity contribution < 1.29 is 17.6 Å². The van der Waals surface area contributed by atoms with E-state index in [9.17, 15) is 17.6 Å². The Morgan fingerprint density at radius 1 is 0.846 bits per heavy atom. The SMILES string of the molecule is CCc1c(F)c(F)c(C)c(F)c1F. The third kappa shape index (κ3) is 1.41. The van der Waals surface area contributed by atoms with Gasteiger partial charge in [0, 0.05) is 11.1 Å². The third-order valence-corrected chi connectivity index (χ3v) is 1.93. The molecule has 0 heterocycles. The van der Waals surface area contributed by atoms with Gasteiger partial charge in [0.25, 0.3) is 0 Å². The van der Waals surface area contributed by atoms with Crippen molar-refractivity contribution in [3.05, 3.63) is 34.4 Å². The molecule has 0 aliphatic rings. The summed E-state index contributed by atoms with van der Waals surface area (Å²) in [6, 6.07) is 0. The summed E-state index contributed by atoms with van der Waals surface area (Å²) in [5, 5.41) is 0. The van der Waals surface area contributed by atoms with Crippen LogP contribution in [0.2, 0.25) is 0 Å². The summed E-state index contributed by atoms with van der Waals surface area (Å²) >= 11 is 0. The molecule has 72 valence electrons. The third-order valence-electron chi connectivity index (χ3n) is 1.93. The van der Waals surface area contributed by atoms with E-state index in [0.29, 0.717) is 0 Å². The molecule has 0 saturated carbocycles. The highest BCUT2D eigenvalue weighted by Crippen LogP contribution is 2.23. The van der Waals surface area contributed by atoms with Crippen LogP contribution in [-0.4, -0.2) is 0 Å². The van der Waals surface area contributed by atoms with Crippen LogP contribution in [0.3, 0.4) is 0 Å². The van der Waals surface area contributed by atoms with E-state index in [-0.39, 0.29) is 6.42 Å². The number of benzene rings is 1. The van der Waals surface area contributed by atoms with Gasteiger partial charge in [-0.15, -0.1) is 0 Å². The number of hydrogen-bond donors (Lipinski definition) is 0. The molecule has 0 aliphatic carbocycles. The Hall–Kier alpha value is -1.06. The predicted octanol–water partition coefficient (Wildman–Crippen LogP) is 3.11. The molecule has 0 aromatic heterocycles. The van der Waals surface area contributed by atoms with Gasteiger partial charge in [-0.2, -0.15) is 0 Å². The van der Waals surface area contributed by atoms with Gasteiger partial charge in [0.05, 0.1) is 0 Å². The molecule has 0 spiro atoms. The summed E-state index contributed by atoms with van der Waals surface area (Å²) in [5.74, 6) is -5.20. The number of rotatable bonds is 1. The largest absolute Gasteiger partial charge is 0.203 e. The van der Waals surface area contributed by atoms with Crippen LogP contribution in [0.1, 0.15) is 18.1 Å². The Bertz CT molecular complexity index is 315. The molecule has 4 heteroatoms. The smallest absolute Gasteiger partial charge is 0.165 e. The molecule has 0 bridgehead atoms. The second-order valence-electron chi connectivity index (χ2n) is 2.71.